The topological polar surface area (TPSA) is 32.3 Å². The minimum atomic E-state index is -0.113. The summed E-state index contributed by atoms with van der Waals surface area (Å²) in [6.45, 7) is 6.66. The Bertz CT molecular complexity index is 154. The van der Waals surface area contributed by atoms with Gasteiger partial charge in [-0.2, -0.15) is 0 Å². The summed E-state index contributed by atoms with van der Waals surface area (Å²) in [7, 11) is 0. The van der Waals surface area contributed by atoms with Crippen LogP contribution in [0.25, 0.3) is 0 Å². The molecule has 0 amide bonds. The molecule has 1 aliphatic carbocycles. The first-order valence-electron chi connectivity index (χ1n) is 5.57. The number of nitrogens with one attached hydrogen (secondary N) is 1. The normalized spacial score (nSPS) is 29.5. The van der Waals surface area contributed by atoms with Crippen LogP contribution in [-0.4, -0.2) is 22.8 Å². The number of aliphatic hydroxyl groups is 1. The number of hydrogen-bond acceptors (Lipinski definition) is 2. The molecule has 78 valence electrons. The fourth-order valence-electron chi connectivity index (χ4n) is 2.01. The van der Waals surface area contributed by atoms with Crippen molar-refractivity contribution in [1.29, 1.82) is 0 Å². The van der Waals surface area contributed by atoms with Gasteiger partial charge in [-0.15, -0.1) is 0 Å². The first-order chi connectivity index (χ1) is 6.11. The van der Waals surface area contributed by atoms with Crippen molar-refractivity contribution in [3.8, 4) is 0 Å². The van der Waals surface area contributed by atoms with Crippen LogP contribution in [0.5, 0.6) is 0 Å². The Morgan fingerprint density at radius 3 is 2.31 bits per heavy atom. The first-order valence-corrected chi connectivity index (χ1v) is 5.57. The van der Waals surface area contributed by atoms with Crippen LogP contribution >= 0.6 is 0 Å². The molecule has 1 saturated carbocycles. The lowest BCUT2D eigenvalue weighted by atomic mass is 9.94. The van der Waals surface area contributed by atoms with Crippen molar-refractivity contribution >= 4 is 0 Å². The molecular weight excluding hydrogens is 162 g/mol. The lowest BCUT2D eigenvalue weighted by molar-refractivity contribution is 0.126. The smallest absolute Gasteiger partial charge is 0.0693 e. The van der Waals surface area contributed by atoms with Gasteiger partial charge in [-0.25, -0.2) is 0 Å². The maximum atomic E-state index is 9.68. The third kappa shape index (κ3) is 2.68. The Labute approximate surface area is 81.7 Å². The summed E-state index contributed by atoms with van der Waals surface area (Å²) in [6, 6.07) is 0.338. The van der Waals surface area contributed by atoms with Crippen molar-refractivity contribution in [1.82, 2.24) is 5.32 Å². The average molecular weight is 185 g/mol. The molecule has 2 atom stereocenters. The zero-order valence-electron chi connectivity index (χ0n) is 9.14. The highest BCUT2D eigenvalue weighted by atomic mass is 16.3. The Kier molecular flexibility index (Phi) is 3.74. The second-order valence-electron chi connectivity index (χ2n) is 4.52. The lowest BCUT2D eigenvalue weighted by Gasteiger charge is -2.33. The molecule has 2 N–H and O–H groups in total. The number of aliphatic hydroxyl groups excluding tert-OH is 1. The van der Waals surface area contributed by atoms with E-state index >= 15 is 0 Å². The maximum absolute atomic E-state index is 9.68. The fourth-order valence-corrected chi connectivity index (χ4v) is 2.01. The van der Waals surface area contributed by atoms with Crippen LogP contribution in [0.4, 0.5) is 0 Å². The van der Waals surface area contributed by atoms with Crippen molar-refractivity contribution in [3.05, 3.63) is 0 Å². The van der Waals surface area contributed by atoms with Gasteiger partial charge >= 0.3 is 0 Å². The summed E-state index contributed by atoms with van der Waals surface area (Å²) in [5.41, 5.74) is 0.218. The standard InChI is InChI=1S/C11H23NO/c1-4-11(3,5-2)12-9-7-6-8-10(9)13/h9-10,12-13H,4-8H2,1-3H3/t9-,10-/m0/s1. The molecule has 0 saturated heterocycles. The third-order valence-corrected chi connectivity index (χ3v) is 3.57. The fraction of sp³-hybridized carbons (Fsp3) is 1.00. The van der Waals surface area contributed by atoms with Crippen molar-refractivity contribution < 1.29 is 5.11 Å². The molecule has 0 bridgehead atoms. The Morgan fingerprint density at radius 2 is 1.92 bits per heavy atom. The SMILES string of the molecule is CCC(C)(CC)N[C@H]1CCC[C@@H]1O. The van der Waals surface area contributed by atoms with Gasteiger partial charge in [0.25, 0.3) is 0 Å². The summed E-state index contributed by atoms with van der Waals surface area (Å²) >= 11 is 0. The first kappa shape index (κ1) is 11.0. The van der Waals surface area contributed by atoms with Gasteiger partial charge in [0.2, 0.25) is 0 Å². The zero-order valence-corrected chi connectivity index (χ0v) is 9.14. The van der Waals surface area contributed by atoms with Crippen LogP contribution in [-0.2, 0) is 0 Å². The minimum Gasteiger partial charge on any atom is -0.392 e. The molecule has 2 heteroatoms. The molecule has 13 heavy (non-hydrogen) atoms. The summed E-state index contributed by atoms with van der Waals surface area (Å²) < 4.78 is 0. The summed E-state index contributed by atoms with van der Waals surface area (Å²) in [6.07, 6.45) is 5.43. The molecule has 0 unspecified atom stereocenters. The van der Waals surface area contributed by atoms with Crippen molar-refractivity contribution in [2.24, 2.45) is 0 Å². The van der Waals surface area contributed by atoms with Crippen LogP contribution < -0.4 is 5.32 Å². The van der Waals surface area contributed by atoms with Crippen LogP contribution in [0.1, 0.15) is 52.9 Å². The second kappa shape index (κ2) is 4.43. The average Bonchev–Trinajstić information content (AvgIpc) is 2.52. The van der Waals surface area contributed by atoms with E-state index in [-0.39, 0.29) is 11.6 Å². The van der Waals surface area contributed by atoms with E-state index in [9.17, 15) is 5.11 Å². The quantitative estimate of drug-likeness (QED) is 0.702. The van der Waals surface area contributed by atoms with Gasteiger partial charge < -0.3 is 10.4 Å². The number of hydrogen-bond donors (Lipinski definition) is 2. The Hall–Kier alpha value is -0.0800. The number of rotatable bonds is 4. The summed E-state index contributed by atoms with van der Waals surface area (Å²) in [4.78, 5) is 0. The minimum absolute atomic E-state index is 0.113. The molecule has 0 heterocycles. The van der Waals surface area contributed by atoms with Crippen LogP contribution in [0.15, 0.2) is 0 Å². The predicted molar refractivity (Wildman–Crippen MR) is 55.8 cm³/mol. The van der Waals surface area contributed by atoms with E-state index in [0.717, 1.165) is 25.7 Å². The maximum Gasteiger partial charge on any atom is 0.0693 e. The van der Waals surface area contributed by atoms with Gasteiger partial charge in [-0.3, -0.25) is 0 Å². The largest absolute Gasteiger partial charge is 0.392 e. The van der Waals surface area contributed by atoms with E-state index in [1.54, 1.807) is 0 Å². The second-order valence-corrected chi connectivity index (χ2v) is 4.52. The predicted octanol–water partition coefficient (Wildman–Crippen LogP) is 2.07. The van der Waals surface area contributed by atoms with Crippen LogP contribution in [0.3, 0.4) is 0 Å². The van der Waals surface area contributed by atoms with Gasteiger partial charge in [0.1, 0.15) is 0 Å². The molecule has 1 aliphatic rings. The van der Waals surface area contributed by atoms with E-state index in [2.05, 4.69) is 26.1 Å². The van der Waals surface area contributed by atoms with Crippen molar-refractivity contribution in [3.63, 3.8) is 0 Å². The lowest BCUT2D eigenvalue weighted by Crippen LogP contribution is -2.50. The van der Waals surface area contributed by atoms with E-state index in [0.29, 0.717) is 6.04 Å². The van der Waals surface area contributed by atoms with Gasteiger partial charge in [0, 0.05) is 11.6 Å². The van der Waals surface area contributed by atoms with Crippen LogP contribution in [0.2, 0.25) is 0 Å². The molecule has 0 aliphatic heterocycles. The molecular formula is C11H23NO. The highest BCUT2D eigenvalue weighted by Crippen LogP contribution is 2.23. The van der Waals surface area contributed by atoms with E-state index in [4.69, 9.17) is 0 Å². The molecule has 2 nitrogen and oxygen atoms in total. The molecule has 1 rings (SSSR count). The molecule has 1 fully saturated rings. The molecule has 0 spiro atoms. The van der Waals surface area contributed by atoms with Crippen molar-refractivity contribution in [2.75, 3.05) is 0 Å². The monoisotopic (exact) mass is 185 g/mol. The van der Waals surface area contributed by atoms with Gasteiger partial charge in [-0.1, -0.05) is 13.8 Å². The van der Waals surface area contributed by atoms with Gasteiger partial charge in [-0.05, 0) is 39.0 Å². The van der Waals surface area contributed by atoms with E-state index in [1.165, 1.54) is 6.42 Å². The highest BCUT2D eigenvalue weighted by molar-refractivity contribution is 4.90. The van der Waals surface area contributed by atoms with E-state index < -0.39 is 0 Å². The summed E-state index contributed by atoms with van der Waals surface area (Å²) in [5.74, 6) is 0. The zero-order chi connectivity index (χ0) is 9.90. The van der Waals surface area contributed by atoms with E-state index in [1.807, 2.05) is 0 Å². The Balaban J connectivity index is 2.45. The molecule has 0 aromatic carbocycles. The molecule has 0 radical (unpaired) electrons. The molecule has 0 aromatic rings. The van der Waals surface area contributed by atoms with Gasteiger partial charge in [0.05, 0.1) is 6.10 Å². The third-order valence-electron chi connectivity index (χ3n) is 3.57. The summed E-state index contributed by atoms with van der Waals surface area (Å²) in [5, 5.41) is 13.3. The Morgan fingerprint density at radius 1 is 1.31 bits per heavy atom. The van der Waals surface area contributed by atoms with Gasteiger partial charge in [0.15, 0.2) is 0 Å². The molecule has 0 aromatic heterocycles. The van der Waals surface area contributed by atoms with Crippen LogP contribution in [0, 0.1) is 0 Å². The highest BCUT2D eigenvalue weighted by Gasteiger charge is 2.30. The van der Waals surface area contributed by atoms with Crippen molar-refractivity contribution in [2.45, 2.75) is 70.6 Å².